The van der Waals surface area contributed by atoms with Crippen LogP contribution < -0.4 is 5.32 Å². The maximum Gasteiger partial charge on any atom is 0.407 e. The Hall–Kier alpha value is -1.10. The van der Waals surface area contributed by atoms with Gasteiger partial charge < -0.3 is 19.6 Å². The fourth-order valence-corrected chi connectivity index (χ4v) is 1.74. The van der Waals surface area contributed by atoms with Gasteiger partial charge in [0.25, 0.3) is 0 Å². The van der Waals surface area contributed by atoms with Crippen molar-refractivity contribution in [3.63, 3.8) is 0 Å². The van der Waals surface area contributed by atoms with Gasteiger partial charge in [-0.1, -0.05) is 0 Å². The van der Waals surface area contributed by atoms with Gasteiger partial charge in [0.15, 0.2) is 0 Å². The summed E-state index contributed by atoms with van der Waals surface area (Å²) >= 11 is 0. The lowest BCUT2D eigenvalue weighted by Gasteiger charge is -2.24. The van der Waals surface area contributed by atoms with E-state index < -0.39 is 11.7 Å². The summed E-state index contributed by atoms with van der Waals surface area (Å²) in [6.07, 6.45) is 1.40. The molecule has 0 saturated carbocycles. The Morgan fingerprint density at radius 1 is 1.47 bits per heavy atom. The molecule has 0 spiro atoms. The minimum atomic E-state index is -0.508. The summed E-state index contributed by atoms with van der Waals surface area (Å²) < 4.78 is 10.6. The van der Waals surface area contributed by atoms with Crippen LogP contribution in [-0.2, 0) is 14.3 Å². The van der Waals surface area contributed by atoms with E-state index in [1.165, 1.54) is 0 Å². The predicted octanol–water partition coefficient (Wildman–Crippen LogP) is 1.65. The second kappa shape index (κ2) is 5.49. The van der Waals surface area contributed by atoms with Gasteiger partial charge in [0.05, 0.1) is 12.1 Å². The van der Waals surface area contributed by atoms with Crippen LogP contribution in [0.4, 0.5) is 4.79 Å². The van der Waals surface area contributed by atoms with E-state index in [0.717, 1.165) is 12.7 Å². The summed E-state index contributed by atoms with van der Waals surface area (Å²) in [6.45, 7) is 7.28. The fraction of sp³-hybridized carbons (Fsp3) is 0.833. The largest absolute Gasteiger partial charge is 0.444 e. The highest BCUT2D eigenvalue weighted by Gasteiger charge is 2.30. The Morgan fingerprint density at radius 3 is 2.59 bits per heavy atom. The second-order valence-electron chi connectivity index (χ2n) is 5.36. The molecule has 1 rings (SSSR count). The van der Waals surface area contributed by atoms with E-state index in [0.29, 0.717) is 6.42 Å². The summed E-state index contributed by atoms with van der Waals surface area (Å²) in [6, 6.07) is -0.158. The van der Waals surface area contributed by atoms with Crippen LogP contribution in [0.2, 0.25) is 0 Å². The Balaban J connectivity index is 2.37. The Labute approximate surface area is 102 Å². The van der Waals surface area contributed by atoms with E-state index in [1.807, 2.05) is 27.7 Å². The van der Waals surface area contributed by atoms with Gasteiger partial charge in [-0.05, 0) is 40.5 Å². The Bertz CT molecular complexity index is 285. The number of hydrogen-bond donors (Lipinski definition) is 1. The van der Waals surface area contributed by atoms with Crippen molar-refractivity contribution in [2.24, 2.45) is 0 Å². The molecule has 1 aliphatic heterocycles. The molecule has 5 heteroatoms. The van der Waals surface area contributed by atoms with Gasteiger partial charge in [-0.25, -0.2) is 4.79 Å². The lowest BCUT2D eigenvalue weighted by Crippen LogP contribution is -2.43. The standard InChI is InChI=1S/C12H21NO4/c1-8(10-6-5-9(7-14)16-10)13-11(15)17-12(2,3)4/h7-10H,5-6H2,1-4H3,(H,13,15)/t8-,9-,10-/m0/s1. The van der Waals surface area contributed by atoms with E-state index in [9.17, 15) is 9.59 Å². The van der Waals surface area contributed by atoms with Crippen LogP contribution in [0.25, 0.3) is 0 Å². The molecule has 0 unspecified atom stereocenters. The monoisotopic (exact) mass is 243 g/mol. The van der Waals surface area contributed by atoms with E-state index in [4.69, 9.17) is 9.47 Å². The number of aldehydes is 1. The molecule has 0 aromatic heterocycles. The minimum absolute atomic E-state index is 0.113. The third-order valence-corrected chi connectivity index (χ3v) is 2.54. The van der Waals surface area contributed by atoms with Gasteiger partial charge in [-0.3, -0.25) is 0 Å². The average molecular weight is 243 g/mol. The summed E-state index contributed by atoms with van der Waals surface area (Å²) in [5.41, 5.74) is -0.508. The van der Waals surface area contributed by atoms with E-state index in [-0.39, 0.29) is 18.2 Å². The third kappa shape index (κ3) is 4.73. The molecule has 0 bridgehead atoms. The van der Waals surface area contributed by atoms with E-state index in [2.05, 4.69) is 5.32 Å². The van der Waals surface area contributed by atoms with Crippen molar-refractivity contribution in [1.29, 1.82) is 0 Å². The van der Waals surface area contributed by atoms with Gasteiger partial charge in [-0.2, -0.15) is 0 Å². The number of nitrogens with one attached hydrogen (secondary N) is 1. The molecule has 1 amide bonds. The molecule has 0 aromatic carbocycles. The predicted molar refractivity (Wildman–Crippen MR) is 62.8 cm³/mol. The van der Waals surface area contributed by atoms with Crippen LogP contribution in [-0.4, -0.2) is 36.2 Å². The zero-order valence-electron chi connectivity index (χ0n) is 10.9. The highest BCUT2D eigenvalue weighted by molar-refractivity contribution is 5.68. The molecule has 1 N–H and O–H groups in total. The van der Waals surface area contributed by atoms with Gasteiger partial charge in [0, 0.05) is 0 Å². The lowest BCUT2D eigenvalue weighted by molar-refractivity contribution is -0.117. The van der Waals surface area contributed by atoms with Crippen LogP contribution in [0.15, 0.2) is 0 Å². The first-order chi connectivity index (χ1) is 7.81. The van der Waals surface area contributed by atoms with Crippen LogP contribution in [0.1, 0.15) is 40.5 Å². The summed E-state index contributed by atoms with van der Waals surface area (Å²) in [5.74, 6) is 0. The van der Waals surface area contributed by atoms with Crippen molar-refractivity contribution < 1.29 is 19.1 Å². The summed E-state index contributed by atoms with van der Waals surface area (Å²) in [4.78, 5) is 22.1. The van der Waals surface area contributed by atoms with E-state index >= 15 is 0 Å². The topological polar surface area (TPSA) is 64.6 Å². The van der Waals surface area contributed by atoms with Gasteiger partial charge >= 0.3 is 6.09 Å². The first-order valence-electron chi connectivity index (χ1n) is 5.92. The normalized spacial score (nSPS) is 26.4. The van der Waals surface area contributed by atoms with Gasteiger partial charge in [0.2, 0.25) is 0 Å². The molecule has 0 aliphatic carbocycles. The second-order valence-corrected chi connectivity index (χ2v) is 5.36. The zero-order chi connectivity index (χ0) is 13.1. The van der Waals surface area contributed by atoms with Crippen molar-refractivity contribution >= 4 is 12.4 Å². The first-order valence-corrected chi connectivity index (χ1v) is 5.92. The van der Waals surface area contributed by atoms with Gasteiger partial charge in [-0.15, -0.1) is 0 Å². The molecule has 0 radical (unpaired) electrons. The SMILES string of the molecule is C[C@H](NC(=O)OC(C)(C)C)[C@@H]1CC[C@@H](C=O)O1. The highest BCUT2D eigenvalue weighted by atomic mass is 16.6. The molecule has 3 atom stereocenters. The number of carbonyl (C=O) groups excluding carboxylic acids is 2. The summed E-state index contributed by atoms with van der Waals surface area (Å²) in [5, 5.41) is 2.72. The molecule has 0 aromatic rings. The van der Waals surface area contributed by atoms with E-state index in [1.54, 1.807) is 0 Å². The number of ether oxygens (including phenoxy) is 2. The number of hydrogen-bond acceptors (Lipinski definition) is 4. The molecule has 1 aliphatic rings. The summed E-state index contributed by atoms with van der Waals surface area (Å²) in [7, 11) is 0. The molecular formula is C12H21NO4. The molecule has 17 heavy (non-hydrogen) atoms. The number of alkyl carbamates (subject to hydrolysis) is 1. The number of rotatable bonds is 3. The maximum absolute atomic E-state index is 11.5. The molecular weight excluding hydrogens is 222 g/mol. The Morgan fingerprint density at radius 2 is 2.12 bits per heavy atom. The fourth-order valence-electron chi connectivity index (χ4n) is 1.74. The van der Waals surface area contributed by atoms with Crippen molar-refractivity contribution in [1.82, 2.24) is 5.32 Å². The highest BCUT2D eigenvalue weighted by Crippen LogP contribution is 2.21. The average Bonchev–Trinajstić information content (AvgIpc) is 2.62. The third-order valence-electron chi connectivity index (χ3n) is 2.54. The molecule has 1 fully saturated rings. The van der Waals surface area contributed by atoms with Crippen molar-refractivity contribution in [3.8, 4) is 0 Å². The van der Waals surface area contributed by atoms with Crippen LogP contribution in [0, 0.1) is 0 Å². The lowest BCUT2D eigenvalue weighted by atomic mass is 10.1. The van der Waals surface area contributed by atoms with Crippen LogP contribution >= 0.6 is 0 Å². The first kappa shape index (κ1) is 14.0. The molecule has 1 heterocycles. The number of carbonyl (C=O) groups is 2. The van der Waals surface area contributed by atoms with Crippen molar-refractivity contribution in [2.75, 3.05) is 0 Å². The molecule has 1 saturated heterocycles. The minimum Gasteiger partial charge on any atom is -0.444 e. The van der Waals surface area contributed by atoms with Crippen molar-refractivity contribution in [2.45, 2.75) is 64.4 Å². The molecule has 98 valence electrons. The maximum atomic E-state index is 11.5. The number of amides is 1. The van der Waals surface area contributed by atoms with Gasteiger partial charge in [0.1, 0.15) is 18.0 Å². The zero-order valence-corrected chi connectivity index (χ0v) is 10.9. The molecule has 5 nitrogen and oxygen atoms in total. The van der Waals surface area contributed by atoms with Crippen LogP contribution in [0.5, 0.6) is 0 Å². The smallest absolute Gasteiger partial charge is 0.407 e. The quantitative estimate of drug-likeness (QED) is 0.765. The van der Waals surface area contributed by atoms with Crippen molar-refractivity contribution in [3.05, 3.63) is 0 Å². The Kier molecular flexibility index (Phi) is 4.51. The van der Waals surface area contributed by atoms with Crippen LogP contribution in [0.3, 0.4) is 0 Å².